The zero-order valence-electron chi connectivity index (χ0n) is 27.3. The molecule has 0 saturated carbocycles. The van der Waals surface area contributed by atoms with E-state index >= 15 is 0 Å². The van der Waals surface area contributed by atoms with Crippen molar-refractivity contribution in [1.29, 1.82) is 0 Å². The Kier molecular flexibility index (Phi) is 8.60. The zero-order valence-corrected chi connectivity index (χ0v) is 27.3. The smallest absolute Gasteiger partial charge is 0.240 e. The first kappa shape index (κ1) is 30.5. The van der Waals surface area contributed by atoms with Gasteiger partial charge in [0.25, 0.3) is 0 Å². The second kappa shape index (κ2) is 14.1. The van der Waals surface area contributed by atoms with Crippen molar-refractivity contribution in [2.24, 2.45) is 0 Å². The highest BCUT2D eigenvalue weighted by Crippen LogP contribution is 2.39. The largest absolute Gasteiger partial charge is 0.279 e. The molecular formula is C45H33N5. The number of benzene rings is 7. The molecule has 0 aliphatic heterocycles. The molecule has 0 saturated heterocycles. The van der Waals surface area contributed by atoms with Crippen LogP contribution in [0.1, 0.15) is 0 Å². The van der Waals surface area contributed by atoms with E-state index in [0.29, 0.717) is 17.7 Å². The third-order valence-electron chi connectivity index (χ3n) is 8.50. The van der Waals surface area contributed by atoms with E-state index in [0.717, 1.165) is 50.6 Å². The second-order valence-electron chi connectivity index (χ2n) is 11.8. The van der Waals surface area contributed by atoms with Crippen LogP contribution in [0, 0.1) is 0 Å². The molecule has 1 aromatic heterocycles. The van der Waals surface area contributed by atoms with Crippen molar-refractivity contribution in [2.45, 2.75) is 0 Å². The summed E-state index contributed by atoms with van der Waals surface area (Å²) in [5.74, 6) is 1.58. The van der Waals surface area contributed by atoms with Crippen LogP contribution in [-0.2, 0) is 0 Å². The van der Waals surface area contributed by atoms with Gasteiger partial charge < -0.3 is 0 Å². The normalized spacial score (nSPS) is 10.8. The van der Waals surface area contributed by atoms with Gasteiger partial charge in [0.2, 0.25) is 11.9 Å². The van der Waals surface area contributed by atoms with Gasteiger partial charge in [0.05, 0.1) is 0 Å². The lowest BCUT2D eigenvalue weighted by molar-refractivity contribution is 0.989. The highest BCUT2D eigenvalue weighted by Gasteiger charge is 2.23. The Labute approximate surface area is 292 Å². The molecule has 238 valence electrons. The molecule has 0 unspecified atom stereocenters. The van der Waals surface area contributed by atoms with Crippen molar-refractivity contribution in [2.75, 3.05) is 9.80 Å². The van der Waals surface area contributed by atoms with E-state index in [1.54, 1.807) is 0 Å². The maximum atomic E-state index is 5.30. The Morgan fingerprint density at radius 3 is 0.980 bits per heavy atom. The summed E-state index contributed by atoms with van der Waals surface area (Å²) in [5.41, 5.74) is 9.12. The average molecular weight is 644 g/mol. The molecule has 5 nitrogen and oxygen atoms in total. The van der Waals surface area contributed by atoms with Gasteiger partial charge in [-0.05, 0) is 70.8 Å². The molecule has 0 N–H and O–H groups in total. The third kappa shape index (κ3) is 6.48. The molecule has 0 fully saturated rings. The summed E-state index contributed by atoms with van der Waals surface area (Å²) in [7, 11) is 0. The molecular weight excluding hydrogens is 611 g/mol. The highest BCUT2D eigenvalue weighted by atomic mass is 15.3. The third-order valence-corrected chi connectivity index (χ3v) is 8.50. The Morgan fingerprint density at radius 1 is 0.260 bits per heavy atom. The summed E-state index contributed by atoms with van der Waals surface area (Å²) >= 11 is 0. The van der Waals surface area contributed by atoms with Gasteiger partial charge in [-0.2, -0.15) is 15.0 Å². The minimum atomic E-state index is 0.505. The molecule has 1 heterocycles. The van der Waals surface area contributed by atoms with E-state index < -0.39 is 0 Å². The number of hydrogen-bond donors (Lipinski definition) is 0. The molecule has 0 bridgehead atoms. The van der Waals surface area contributed by atoms with Gasteiger partial charge in [-0.15, -0.1) is 0 Å². The van der Waals surface area contributed by atoms with E-state index in [-0.39, 0.29) is 0 Å². The molecule has 8 aromatic rings. The average Bonchev–Trinajstić information content (AvgIpc) is 3.20. The van der Waals surface area contributed by atoms with Crippen LogP contribution in [-0.4, -0.2) is 15.0 Å². The van der Waals surface area contributed by atoms with Crippen LogP contribution in [0.15, 0.2) is 200 Å². The van der Waals surface area contributed by atoms with Crippen LogP contribution in [0.3, 0.4) is 0 Å². The molecule has 0 amide bonds. The molecule has 0 atom stereocenters. The van der Waals surface area contributed by atoms with Crippen LogP contribution in [0.5, 0.6) is 0 Å². The number of rotatable bonds is 9. The fraction of sp³-hybridized carbons (Fsp3) is 0. The summed E-state index contributed by atoms with van der Waals surface area (Å²) in [6.07, 6.45) is 0. The number of hydrogen-bond acceptors (Lipinski definition) is 5. The Balaban J connectivity index is 1.36. The van der Waals surface area contributed by atoms with Crippen LogP contribution in [0.2, 0.25) is 0 Å². The van der Waals surface area contributed by atoms with Gasteiger partial charge in [-0.3, -0.25) is 9.80 Å². The predicted octanol–water partition coefficient (Wildman–Crippen LogP) is 11.8. The highest BCUT2D eigenvalue weighted by molar-refractivity contribution is 5.81. The minimum Gasteiger partial charge on any atom is -0.279 e. The van der Waals surface area contributed by atoms with Crippen molar-refractivity contribution >= 4 is 34.6 Å². The molecule has 7 aromatic carbocycles. The maximum Gasteiger partial charge on any atom is 0.240 e. The Hall–Kier alpha value is -6.85. The van der Waals surface area contributed by atoms with Crippen LogP contribution in [0.4, 0.5) is 34.6 Å². The van der Waals surface area contributed by atoms with Crippen molar-refractivity contribution in [3.05, 3.63) is 200 Å². The lowest BCUT2D eigenvalue weighted by Crippen LogP contribution is -2.19. The van der Waals surface area contributed by atoms with Crippen molar-refractivity contribution in [3.8, 4) is 33.6 Å². The summed E-state index contributed by atoms with van der Waals surface area (Å²) in [6, 6.07) is 68.4. The number of nitrogens with zero attached hydrogens (tertiary/aromatic N) is 5. The molecule has 8 rings (SSSR count). The van der Waals surface area contributed by atoms with E-state index in [4.69, 9.17) is 15.0 Å². The fourth-order valence-corrected chi connectivity index (χ4v) is 6.09. The zero-order chi connectivity index (χ0) is 33.5. The first-order chi connectivity index (χ1) is 24.8. The quantitative estimate of drug-likeness (QED) is 0.157. The van der Waals surface area contributed by atoms with Crippen LogP contribution in [0.25, 0.3) is 33.6 Å². The van der Waals surface area contributed by atoms with Crippen molar-refractivity contribution in [3.63, 3.8) is 0 Å². The van der Waals surface area contributed by atoms with Crippen LogP contribution >= 0.6 is 0 Å². The van der Waals surface area contributed by atoms with Gasteiger partial charge in [-0.1, -0.05) is 152 Å². The standard InChI is InChI=1S/C45H33N5/c1-6-18-34(19-7-1)37-24-16-30-41(32-37)49(39-26-12-4-13-27-39)44-46-43(36-22-10-3-11-23-36)47-45(48-44)50(40-28-14-5-15-29-40)42-31-17-25-38(33-42)35-20-8-2-9-21-35/h1-33H. The van der Waals surface area contributed by atoms with E-state index in [2.05, 4.69) is 131 Å². The molecule has 50 heavy (non-hydrogen) atoms. The molecule has 0 aliphatic rings. The summed E-state index contributed by atoms with van der Waals surface area (Å²) in [6.45, 7) is 0. The van der Waals surface area contributed by atoms with Crippen LogP contribution < -0.4 is 9.80 Å². The predicted molar refractivity (Wildman–Crippen MR) is 206 cm³/mol. The van der Waals surface area contributed by atoms with Gasteiger partial charge in [0, 0.05) is 28.3 Å². The fourth-order valence-electron chi connectivity index (χ4n) is 6.09. The molecule has 0 radical (unpaired) electrons. The van der Waals surface area contributed by atoms with E-state index in [1.165, 1.54) is 0 Å². The number of para-hydroxylation sites is 2. The Bertz CT molecular complexity index is 2170. The lowest BCUT2D eigenvalue weighted by Gasteiger charge is -2.27. The number of anilines is 6. The monoisotopic (exact) mass is 643 g/mol. The van der Waals surface area contributed by atoms with Gasteiger partial charge in [0.15, 0.2) is 5.82 Å². The Morgan fingerprint density at radius 2 is 0.580 bits per heavy atom. The van der Waals surface area contributed by atoms with E-state index in [1.807, 2.05) is 78.9 Å². The topological polar surface area (TPSA) is 45.2 Å². The van der Waals surface area contributed by atoms with Crippen molar-refractivity contribution < 1.29 is 0 Å². The first-order valence-electron chi connectivity index (χ1n) is 16.6. The minimum absolute atomic E-state index is 0.505. The summed E-state index contributed by atoms with van der Waals surface area (Å²) < 4.78 is 0. The molecule has 0 aliphatic carbocycles. The van der Waals surface area contributed by atoms with Gasteiger partial charge >= 0.3 is 0 Å². The van der Waals surface area contributed by atoms with Gasteiger partial charge in [-0.25, -0.2) is 0 Å². The second-order valence-corrected chi connectivity index (χ2v) is 11.8. The van der Waals surface area contributed by atoms with Gasteiger partial charge in [0.1, 0.15) is 0 Å². The summed E-state index contributed by atoms with van der Waals surface area (Å²) in [4.78, 5) is 19.9. The number of aromatic nitrogens is 3. The maximum absolute atomic E-state index is 5.30. The molecule has 0 spiro atoms. The summed E-state index contributed by atoms with van der Waals surface area (Å²) in [5, 5.41) is 0. The SMILES string of the molecule is c1ccc(-c2cccc(N(c3ccccc3)c3nc(-c4ccccc4)nc(N(c4ccccc4)c4cccc(-c5ccccc5)c4)n3)c2)cc1. The first-order valence-corrected chi connectivity index (χ1v) is 16.6. The van der Waals surface area contributed by atoms with E-state index in [9.17, 15) is 0 Å². The lowest BCUT2D eigenvalue weighted by atomic mass is 10.0. The van der Waals surface area contributed by atoms with Crippen molar-refractivity contribution in [1.82, 2.24) is 15.0 Å². The molecule has 5 heteroatoms.